The van der Waals surface area contributed by atoms with Crippen molar-refractivity contribution in [1.82, 2.24) is 24.9 Å². The van der Waals surface area contributed by atoms with Gasteiger partial charge in [-0.2, -0.15) is 0 Å². The predicted molar refractivity (Wildman–Crippen MR) is 89.9 cm³/mol. The Morgan fingerprint density at radius 1 is 1.04 bits per heavy atom. The lowest BCUT2D eigenvalue weighted by molar-refractivity contribution is -0.118. The molecule has 8 nitrogen and oxygen atoms in total. The lowest BCUT2D eigenvalue weighted by atomic mass is 10.2. The Morgan fingerprint density at radius 3 is 2.29 bits per heavy atom. The molecule has 0 atom stereocenters. The van der Waals surface area contributed by atoms with Gasteiger partial charge in [-0.1, -0.05) is 6.92 Å². The van der Waals surface area contributed by atoms with Gasteiger partial charge in [-0.15, -0.1) is 10.2 Å². The zero-order valence-corrected chi connectivity index (χ0v) is 14.1. The molecule has 0 spiro atoms. The Kier molecular flexibility index (Phi) is 5.24. The van der Waals surface area contributed by atoms with Crippen LogP contribution >= 0.6 is 0 Å². The molecule has 0 radical (unpaired) electrons. The molecule has 0 aliphatic carbocycles. The summed E-state index contributed by atoms with van der Waals surface area (Å²) in [5, 5.41) is 8.34. The fourth-order valence-electron chi connectivity index (χ4n) is 3.09. The standard InChI is InChI=1S/C16H24N6O2/c1-2-19-5-11-22(12-6-19)16(24)14-3-4-15(18-17-14)21-9-7-20(13-23)8-10-21/h3-4,13H,2,5-12H2,1H3. The molecule has 8 heteroatoms. The normalized spacial score (nSPS) is 19.5. The van der Waals surface area contributed by atoms with Crippen molar-refractivity contribution in [1.29, 1.82) is 0 Å². The van der Waals surface area contributed by atoms with Gasteiger partial charge in [0.15, 0.2) is 11.5 Å². The molecular weight excluding hydrogens is 308 g/mol. The third-order valence-electron chi connectivity index (χ3n) is 4.76. The van der Waals surface area contributed by atoms with Crippen LogP contribution in [0.15, 0.2) is 12.1 Å². The molecule has 130 valence electrons. The number of carbonyl (C=O) groups is 2. The summed E-state index contributed by atoms with van der Waals surface area (Å²) in [5.41, 5.74) is 0.398. The van der Waals surface area contributed by atoms with Crippen molar-refractivity contribution < 1.29 is 9.59 Å². The molecule has 0 bridgehead atoms. The molecule has 3 rings (SSSR count). The largest absolute Gasteiger partial charge is 0.352 e. The first-order valence-corrected chi connectivity index (χ1v) is 8.51. The summed E-state index contributed by atoms with van der Waals surface area (Å²) in [5.74, 6) is 0.712. The van der Waals surface area contributed by atoms with Crippen LogP contribution in [-0.4, -0.2) is 96.1 Å². The van der Waals surface area contributed by atoms with Crippen LogP contribution in [0.5, 0.6) is 0 Å². The average Bonchev–Trinajstić information content (AvgIpc) is 2.68. The molecule has 2 aliphatic heterocycles. The lowest BCUT2D eigenvalue weighted by Crippen LogP contribution is -2.48. The number of carbonyl (C=O) groups excluding carboxylic acids is 2. The molecule has 2 fully saturated rings. The van der Waals surface area contributed by atoms with Crippen molar-refractivity contribution in [2.75, 3.05) is 63.8 Å². The maximum Gasteiger partial charge on any atom is 0.274 e. The average molecular weight is 332 g/mol. The third-order valence-corrected chi connectivity index (χ3v) is 4.76. The number of anilines is 1. The van der Waals surface area contributed by atoms with Crippen molar-refractivity contribution in [3.05, 3.63) is 17.8 Å². The third kappa shape index (κ3) is 3.64. The molecule has 0 unspecified atom stereocenters. The molecule has 1 aromatic heterocycles. The summed E-state index contributed by atoms with van der Waals surface area (Å²) in [4.78, 5) is 31.3. The van der Waals surface area contributed by atoms with Gasteiger partial charge in [0.05, 0.1) is 0 Å². The zero-order chi connectivity index (χ0) is 16.9. The molecule has 2 aliphatic rings. The number of hydrogen-bond donors (Lipinski definition) is 0. The lowest BCUT2D eigenvalue weighted by Gasteiger charge is -2.34. The van der Waals surface area contributed by atoms with Crippen molar-refractivity contribution in [3.63, 3.8) is 0 Å². The van der Waals surface area contributed by atoms with E-state index in [0.29, 0.717) is 18.8 Å². The fraction of sp³-hybridized carbons (Fsp3) is 0.625. The number of piperazine rings is 2. The Hall–Kier alpha value is -2.22. The van der Waals surface area contributed by atoms with Crippen molar-refractivity contribution in [2.45, 2.75) is 6.92 Å². The van der Waals surface area contributed by atoms with Gasteiger partial charge in [0.2, 0.25) is 6.41 Å². The van der Waals surface area contributed by atoms with Crippen LogP contribution in [0.25, 0.3) is 0 Å². The zero-order valence-electron chi connectivity index (χ0n) is 14.1. The van der Waals surface area contributed by atoms with Gasteiger partial charge in [-0.05, 0) is 18.7 Å². The Morgan fingerprint density at radius 2 is 1.75 bits per heavy atom. The second kappa shape index (κ2) is 7.57. The highest BCUT2D eigenvalue weighted by atomic mass is 16.2. The summed E-state index contributed by atoms with van der Waals surface area (Å²) >= 11 is 0. The van der Waals surface area contributed by atoms with Gasteiger partial charge in [-0.3, -0.25) is 9.59 Å². The molecule has 2 amide bonds. The van der Waals surface area contributed by atoms with Crippen LogP contribution in [0, 0.1) is 0 Å². The highest BCUT2D eigenvalue weighted by Gasteiger charge is 2.23. The van der Waals surface area contributed by atoms with Crippen LogP contribution in [-0.2, 0) is 4.79 Å². The minimum atomic E-state index is -0.0458. The molecule has 2 saturated heterocycles. The van der Waals surface area contributed by atoms with Crippen LogP contribution in [0.3, 0.4) is 0 Å². The number of rotatable bonds is 4. The first-order valence-electron chi connectivity index (χ1n) is 8.51. The molecule has 0 saturated carbocycles. The van der Waals surface area contributed by atoms with E-state index in [1.807, 2.05) is 11.0 Å². The number of hydrogen-bond acceptors (Lipinski definition) is 6. The van der Waals surface area contributed by atoms with Gasteiger partial charge >= 0.3 is 0 Å². The molecule has 0 aromatic carbocycles. The Bertz CT molecular complexity index is 562. The smallest absolute Gasteiger partial charge is 0.274 e. The summed E-state index contributed by atoms with van der Waals surface area (Å²) in [6.07, 6.45) is 0.878. The van der Waals surface area contributed by atoms with E-state index in [0.717, 1.165) is 58.0 Å². The van der Waals surface area contributed by atoms with Crippen LogP contribution in [0.4, 0.5) is 5.82 Å². The van der Waals surface area contributed by atoms with Crippen LogP contribution < -0.4 is 4.90 Å². The highest BCUT2D eigenvalue weighted by molar-refractivity contribution is 5.92. The van der Waals surface area contributed by atoms with Crippen molar-refractivity contribution >= 4 is 18.1 Å². The number of aromatic nitrogens is 2. The maximum absolute atomic E-state index is 12.5. The quantitative estimate of drug-likeness (QED) is 0.694. The summed E-state index contributed by atoms with van der Waals surface area (Å²) < 4.78 is 0. The molecule has 0 N–H and O–H groups in total. The monoisotopic (exact) mass is 332 g/mol. The minimum absolute atomic E-state index is 0.0458. The van der Waals surface area contributed by atoms with E-state index in [1.54, 1.807) is 11.0 Å². The van der Waals surface area contributed by atoms with Gasteiger partial charge in [0.25, 0.3) is 5.91 Å². The molecular formula is C16H24N6O2. The van der Waals surface area contributed by atoms with E-state index >= 15 is 0 Å². The molecule has 24 heavy (non-hydrogen) atoms. The SMILES string of the molecule is CCN1CCN(C(=O)c2ccc(N3CCN(C=O)CC3)nn2)CC1. The van der Waals surface area contributed by atoms with E-state index < -0.39 is 0 Å². The van der Waals surface area contributed by atoms with E-state index in [9.17, 15) is 9.59 Å². The van der Waals surface area contributed by atoms with Gasteiger partial charge in [0, 0.05) is 52.4 Å². The van der Waals surface area contributed by atoms with E-state index in [4.69, 9.17) is 0 Å². The van der Waals surface area contributed by atoms with E-state index in [1.165, 1.54) is 0 Å². The van der Waals surface area contributed by atoms with Gasteiger partial charge < -0.3 is 19.6 Å². The highest BCUT2D eigenvalue weighted by Crippen LogP contribution is 2.13. The predicted octanol–water partition coefficient (Wildman–Crippen LogP) is -0.467. The second-order valence-corrected chi connectivity index (χ2v) is 6.13. The Labute approximate surface area is 142 Å². The summed E-state index contributed by atoms with van der Waals surface area (Å²) in [7, 11) is 0. The second-order valence-electron chi connectivity index (χ2n) is 6.13. The van der Waals surface area contributed by atoms with Crippen LogP contribution in [0.1, 0.15) is 17.4 Å². The van der Waals surface area contributed by atoms with Crippen molar-refractivity contribution in [2.24, 2.45) is 0 Å². The summed E-state index contributed by atoms with van der Waals surface area (Å²) in [6, 6.07) is 3.60. The first-order chi connectivity index (χ1) is 11.7. The van der Waals surface area contributed by atoms with Crippen molar-refractivity contribution in [3.8, 4) is 0 Å². The number of nitrogens with zero attached hydrogens (tertiary/aromatic N) is 6. The number of amides is 2. The maximum atomic E-state index is 12.5. The van der Waals surface area contributed by atoms with Gasteiger partial charge in [0.1, 0.15) is 0 Å². The molecule has 1 aromatic rings. The van der Waals surface area contributed by atoms with Crippen LogP contribution in [0.2, 0.25) is 0 Å². The Balaban J connectivity index is 1.58. The van der Waals surface area contributed by atoms with Gasteiger partial charge in [-0.25, -0.2) is 0 Å². The van der Waals surface area contributed by atoms with E-state index in [-0.39, 0.29) is 5.91 Å². The number of likely N-dealkylation sites (N-methyl/N-ethyl adjacent to an activating group) is 1. The minimum Gasteiger partial charge on any atom is -0.352 e. The molecule has 3 heterocycles. The van der Waals surface area contributed by atoms with E-state index in [2.05, 4.69) is 26.9 Å². The summed E-state index contributed by atoms with van der Waals surface area (Å²) in [6.45, 7) is 9.31. The fourth-order valence-corrected chi connectivity index (χ4v) is 3.09. The first kappa shape index (κ1) is 16.6. The topological polar surface area (TPSA) is 72.9 Å².